The number of carbonyl (C=O) groups excluding carboxylic acids is 1. The molecule has 0 fully saturated rings. The fraction of sp³-hybridized carbons (Fsp3) is 0.364. The van der Waals surface area contributed by atoms with Crippen molar-refractivity contribution in [1.82, 2.24) is 0 Å². The molecule has 1 aromatic carbocycles. The number of halogens is 4. The molecule has 0 heterocycles. The molecule has 0 saturated heterocycles. The molecule has 0 atom stereocenters. The van der Waals surface area contributed by atoms with Gasteiger partial charge in [-0.2, -0.15) is 13.2 Å². The van der Waals surface area contributed by atoms with Crippen LogP contribution in [0.4, 0.5) is 18.9 Å². The molecule has 1 aromatic rings. The number of carbonyl (C=O) groups is 1. The van der Waals surface area contributed by atoms with Crippen molar-refractivity contribution in [1.29, 1.82) is 0 Å². The van der Waals surface area contributed by atoms with Gasteiger partial charge >= 0.3 is 6.18 Å². The Morgan fingerprint density at radius 3 is 2.56 bits per heavy atom. The van der Waals surface area contributed by atoms with Crippen molar-refractivity contribution in [3.8, 4) is 0 Å². The summed E-state index contributed by atoms with van der Waals surface area (Å²) >= 11 is 0. The quantitative estimate of drug-likeness (QED) is 0.891. The molecule has 18 heavy (non-hydrogen) atoms. The van der Waals surface area contributed by atoms with E-state index in [0.29, 0.717) is 11.3 Å². The number of anilines is 1. The Hall–Kier alpha value is -1.27. The third-order valence-corrected chi connectivity index (χ3v) is 2.09. The monoisotopic (exact) mass is 282 g/mol. The van der Waals surface area contributed by atoms with Crippen LogP contribution in [0.5, 0.6) is 0 Å². The van der Waals surface area contributed by atoms with E-state index >= 15 is 0 Å². The highest BCUT2D eigenvalue weighted by molar-refractivity contribution is 5.92. The van der Waals surface area contributed by atoms with Gasteiger partial charge in [0.15, 0.2) is 0 Å². The van der Waals surface area contributed by atoms with Gasteiger partial charge in [0.2, 0.25) is 5.91 Å². The third-order valence-electron chi connectivity index (χ3n) is 2.09. The molecule has 0 bridgehead atoms. The number of nitrogens with two attached hydrogens (primary N) is 1. The molecular weight excluding hydrogens is 269 g/mol. The number of hydrogen-bond acceptors (Lipinski definition) is 2. The molecular formula is C11H14ClF3N2O. The van der Waals surface area contributed by atoms with Crippen LogP contribution < -0.4 is 11.1 Å². The lowest BCUT2D eigenvalue weighted by Gasteiger charge is -2.08. The molecule has 0 unspecified atom stereocenters. The van der Waals surface area contributed by atoms with E-state index in [1.807, 2.05) is 0 Å². The third kappa shape index (κ3) is 6.46. The first kappa shape index (κ1) is 16.7. The summed E-state index contributed by atoms with van der Waals surface area (Å²) in [7, 11) is 0. The SMILES string of the molecule is Cl.NCC(=O)Nc1cccc(CCC(F)(F)F)c1. The Kier molecular flexibility index (Phi) is 6.72. The molecule has 0 aliphatic rings. The van der Waals surface area contributed by atoms with Crippen molar-refractivity contribution in [2.45, 2.75) is 19.0 Å². The normalized spacial score (nSPS) is 10.7. The second-order valence-corrected chi connectivity index (χ2v) is 3.57. The number of aryl methyl sites for hydroxylation is 1. The van der Waals surface area contributed by atoms with Crippen molar-refractivity contribution in [3.63, 3.8) is 0 Å². The van der Waals surface area contributed by atoms with Gasteiger partial charge in [0, 0.05) is 12.1 Å². The fourth-order valence-electron chi connectivity index (χ4n) is 1.30. The first-order valence-corrected chi connectivity index (χ1v) is 5.06. The van der Waals surface area contributed by atoms with Crippen molar-refractivity contribution in [2.75, 3.05) is 11.9 Å². The van der Waals surface area contributed by atoms with Crippen LogP contribution in [-0.2, 0) is 11.2 Å². The van der Waals surface area contributed by atoms with Gasteiger partial charge in [-0.15, -0.1) is 12.4 Å². The standard InChI is InChI=1S/C11H13F3N2O.ClH/c12-11(13,14)5-4-8-2-1-3-9(6-8)16-10(17)7-15;/h1-3,6H,4-5,7,15H2,(H,16,17);1H. The largest absolute Gasteiger partial charge is 0.389 e. The lowest BCUT2D eigenvalue weighted by Crippen LogP contribution is -2.21. The van der Waals surface area contributed by atoms with Crippen molar-refractivity contribution in [2.24, 2.45) is 5.73 Å². The average molecular weight is 283 g/mol. The van der Waals surface area contributed by atoms with Crippen molar-refractivity contribution >= 4 is 24.0 Å². The second-order valence-electron chi connectivity index (χ2n) is 3.57. The van der Waals surface area contributed by atoms with Crippen LogP contribution >= 0.6 is 12.4 Å². The maximum Gasteiger partial charge on any atom is 0.389 e. The van der Waals surface area contributed by atoms with Crippen LogP contribution in [0.1, 0.15) is 12.0 Å². The molecule has 0 aromatic heterocycles. The van der Waals surface area contributed by atoms with Gasteiger partial charge in [-0.05, 0) is 24.1 Å². The Labute approximate surface area is 109 Å². The minimum atomic E-state index is -4.17. The van der Waals surface area contributed by atoms with Crippen LogP contribution in [-0.4, -0.2) is 18.6 Å². The maximum absolute atomic E-state index is 12.0. The Bertz CT molecular complexity index is 396. The first-order chi connectivity index (χ1) is 7.90. The summed E-state index contributed by atoms with van der Waals surface area (Å²) in [5.41, 5.74) is 6.10. The summed E-state index contributed by atoms with van der Waals surface area (Å²) in [5, 5.41) is 2.48. The van der Waals surface area contributed by atoms with Gasteiger partial charge in [-0.1, -0.05) is 12.1 Å². The van der Waals surface area contributed by atoms with Crippen LogP contribution in [0.3, 0.4) is 0 Å². The maximum atomic E-state index is 12.0. The molecule has 0 aliphatic heterocycles. The molecule has 0 saturated carbocycles. The minimum absolute atomic E-state index is 0. The average Bonchev–Trinajstić information content (AvgIpc) is 2.26. The van der Waals surface area contributed by atoms with E-state index in [1.54, 1.807) is 18.2 Å². The molecule has 1 amide bonds. The Balaban J connectivity index is 0.00000289. The van der Waals surface area contributed by atoms with Crippen molar-refractivity contribution in [3.05, 3.63) is 29.8 Å². The summed E-state index contributed by atoms with van der Waals surface area (Å²) < 4.78 is 36.1. The fourth-order valence-corrected chi connectivity index (χ4v) is 1.30. The molecule has 3 N–H and O–H groups in total. The number of rotatable bonds is 4. The predicted molar refractivity (Wildman–Crippen MR) is 65.8 cm³/mol. The minimum Gasteiger partial charge on any atom is -0.325 e. The van der Waals surface area contributed by atoms with E-state index in [9.17, 15) is 18.0 Å². The summed E-state index contributed by atoms with van der Waals surface area (Å²) in [6.45, 7) is -0.160. The molecule has 0 spiro atoms. The van der Waals surface area contributed by atoms with Gasteiger partial charge < -0.3 is 11.1 Å². The first-order valence-electron chi connectivity index (χ1n) is 5.06. The van der Waals surface area contributed by atoms with Gasteiger partial charge in [-0.25, -0.2) is 0 Å². The van der Waals surface area contributed by atoms with Crippen molar-refractivity contribution < 1.29 is 18.0 Å². The van der Waals surface area contributed by atoms with Crippen LogP contribution in [0.2, 0.25) is 0 Å². The zero-order chi connectivity index (χ0) is 12.9. The van der Waals surface area contributed by atoms with E-state index in [2.05, 4.69) is 5.32 Å². The van der Waals surface area contributed by atoms with E-state index < -0.39 is 12.6 Å². The molecule has 0 radical (unpaired) electrons. The zero-order valence-electron chi connectivity index (χ0n) is 9.46. The lowest BCUT2D eigenvalue weighted by molar-refractivity contribution is -0.134. The highest BCUT2D eigenvalue weighted by Crippen LogP contribution is 2.22. The highest BCUT2D eigenvalue weighted by Gasteiger charge is 2.26. The zero-order valence-corrected chi connectivity index (χ0v) is 10.3. The molecule has 7 heteroatoms. The molecule has 3 nitrogen and oxygen atoms in total. The van der Waals surface area contributed by atoms with E-state index in [1.165, 1.54) is 6.07 Å². The number of amides is 1. The van der Waals surface area contributed by atoms with E-state index in [0.717, 1.165) is 0 Å². The highest BCUT2D eigenvalue weighted by atomic mass is 35.5. The summed E-state index contributed by atoms with van der Waals surface area (Å²) in [5.74, 6) is -0.377. The summed E-state index contributed by atoms with van der Waals surface area (Å²) in [6.07, 6.45) is -5.15. The smallest absolute Gasteiger partial charge is 0.325 e. The number of alkyl halides is 3. The van der Waals surface area contributed by atoms with Crippen LogP contribution in [0.25, 0.3) is 0 Å². The summed E-state index contributed by atoms with van der Waals surface area (Å²) in [4.78, 5) is 11.0. The van der Waals surface area contributed by atoms with Crippen LogP contribution in [0, 0.1) is 0 Å². The number of hydrogen-bond donors (Lipinski definition) is 2. The number of benzene rings is 1. The number of nitrogens with one attached hydrogen (secondary N) is 1. The van der Waals surface area contributed by atoms with Gasteiger partial charge in [0.1, 0.15) is 0 Å². The van der Waals surface area contributed by atoms with Gasteiger partial charge in [0.05, 0.1) is 6.54 Å². The van der Waals surface area contributed by atoms with Gasteiger partial charge in [-0.3, -0.25) is 4.79 Å². The second kappa shape index (κ2) is 7.23. The van der Waals surface area contributed by atoms with E-state index in [-0.39, 0.29) is 31.3 Å². The Morgan fingerprint density at radius 1 is 1.33 bits per heavy atom. The molecule has 102 valence electrons. The lowest BCUT2D eigenvalue weighted by atomic mass is 10.1. The van der Waals surface area contributed by atoms with E-state index in [4.69, 9.17) is 5.73 Å². The summed E-state index contributed by atoms with van der Waals surface area (Å²) in [6, 6.07) is 6.30. The molecule has 0 aliphatic carbocycles. The topological polar surface area (TPSA) is 55.1 Å². The van der Waals surface area contributed by atoms with Crippen LogP contribution in [0.15, 0.2) is 24.3 Å². The molecule has 1 rings (SSSR count). The van der Waals surface area contributed by atoms with Gasteiger partial charge in [0.25, 0.3) is 0 Å². The Morgan fingerprint density at radius 2 is 2.00 bits per heavy atom. The predicted octanol–water partition coefficient (Wildman–Crippen LogP) is 2.50.